The number of amides is 1. The minimum atomic E-state index is -0.341. The number of ether oxygens (including phenoxy) is 2. The molecule has 2 atom stereocenters. The first-order chi connectivity index (χ1) is 11.5. The summed E-state index contributed by atoms with van der Waals surface area (Å²) in [4.78, 5) is 17.7. The van der Waals surface area contributed by atoms with E-state index in [9.17, 15) is 4.79 Å². The first-order valence-electron chi connectivity index (χ1n) is 8.78. The Balaban J connectivity index is 1.65. The summed E-state index contributed by atoms with van der Waals surface area (Å²) >= 11 is 1.50. The van der Waals surface area contributed by atoms with Gasteiger partial charge < -0.3 is 19.3 Å². The molecule has 0 radical (unpaired) electrons. The van der Waals surface area contributed by atoms with Gasteiger partial charge in [0.15, 0.2) is 0 Å². The van der Waals surface area contributed by atoms with Crippen molar-refractivity contribution < 1.29 is 14.3 Å². The van der Waals surface area contributed by atoms with Crippen molar-refractivity contribution in [1.29, 1.82) is 0 Å². The molecule has 0 saturated carbocycles. The molecule has 3 rings (SSSR count). The molecule has 2 fully saturated rings. The summed E-state index contributed by atoms with van der Waals surface area (Å²) in [5.74, 6) is 0.0984. The van der Waals surface area contributed by atoms with Gasteiger partial charge in [-0.2, -0.15) is 0 Å². The highest BCUT2D eigenvalue weighted by molar-refractivity contribution is 7.12. The number of carbonyl (C=O) groups is 1. The molecular formula is C18H28N2O3S. The Morgan fingerprint density at radius 1 is 1.54 bits per heavy atom. The summed E-state index contributed by atoms with van der Waals surface area (Å²) in [5.41, 5.74) is -0.341. The molecule has 2 saturated heterocycles. The Morgan fingerprint density at radius 3 is 3.08 bits per heavy atom. The third kappa shape index (κ3) is 3.99. The SMILES string of the molecule is CC(C)N(C)CC1CCC2(COCCN(C(=O)c3cccs3)C2)O1. The molecule has 0 N–H and O–H groups in total. The first kappa shape index (κ1) is 17.9. The van der Waals surface area contributed by atoms with E-state index in [1.807, 2.05) is 22.4 Å². The summed E-state index contributed by atoms with van der Waals surface area (Å²) in [6.07, 6.45) is 2.21. The summed E-state index contributed by atoms with van der Waals surface area (Å²) in [6.45, 7) is 7.76. The molecule has 24 heavy (non-hydrogen) atoms. The Bertz CT molecular complexity index is 548. The van der Waals surface area contributed by atoms with Gasteiger partial charge in [-0.15, -0.1) is 11.3 Å². The molecular weight excluding hydrogens is 324 g/mol. The van der Waals surface area contributed by atoms with E-state index >= 15 is 0 Å². The quantitative estimate of drug-likeness (QED) is 0.835. The molecule has 1 spiro atoms. The number of carbonyl (C=O) groups excluding carboxylic acids is 1. The smallest absolute Gasteiger partial charge is 0.264 e. The maximum atomic E-state index is 12.7. The van der Waals surface area contributed by atoms with Crippen LogP contribution in [0.2, 0.25) is 0 Å². The lowest BCUT2D eigenvalue weighted by Gasteiger charge is -2.32. The van der Waals surface area contributed by atoms with Gasteiger partial charge in [0.05, 0.1) is 30.7 Å². The van der Waals surface area contributed by atoms with Gasteiger partial charge in [0, 0.05) is 19.1 Å². The molecule has 1 aromatic heterocycles. The van der Waals surface area contributed by atoms with Crippen molar-refractivity contribution in [3.8, 4) is 0 Å². The molecule has 0 bridgehead atoms. The molecule has 0 aliphatic carbocycles. The van der Waals surface area contributed by atoms with Gasteiger partial charge in [-0.3, -0.25) is 4.79 Å². The zero-order valence-electron chi connectivity index (χ0n) is 14.9. The lowest BCUT2D eigenvalue weighted by atomic mass is 10.00. The Kier molecular flexibility index (Phi) is 5.59. The highest BCUT2D eigenvalue weighted by atomic mass is 32.1. The first-order valence-corrected chi connectivity index (χ1v) is 9.66. The zero-order chi connectivity index (χ0) is 17.2. The lowest BCUT2D eigenvalue weighted by molar-refractivity contribution is -0.0901. The second-order valence-corrected chi connectivity index (χ2v) is 8.20. The highest BCUT2D eigenvalue weighted by Crippen LogP contribution is 2.34. The normalized spacial score (nSPS) is 28.0. The average molecular weight is 352 g/mol. The molecule has 2 unspecified atom stereocenters. The van der Waals surface area contributed by atoms with Crippen LogP contribution in [0.15, 0.2) is 17.5 Å². The molecule has 1 aromatic rings. The molecule has 5 nitrogen and oxygen atoms in total. The van der Waals surface area contributed by atoms with E-state index in [0.717, 1.165) is 24.3 Å². The molecule has 2 aliphatic heterocycles. The van der Waals surface area contributed by atoms with E-state index in [4.69, 9.17) is 9.47 Å². The largest absolute Gasteiger partial charge is 0.377 e. The van der Waals surface area contributed by atoms with Crippen LogP contribution in [0.1, 0.15) is 36.4 Å². The summed E-state index contributed by atoms with van der Waals surface area (Å²) in [5, 5.41) is 1.95. The van der Waals surface area contributed by atoms with E-state index in [2.05, 4.69) is 25.8 Å². The van der Waals surface area contributed by atoms with Crippen molar-refractivity contribution in [2.45, 2.75) is 44.4 Å². The van der Waals surface area contributed by atoms with Crippen LogP contribution in [0.5, 0.6) is 0 Å². The third-order valence-corrected chi connectivity index (χ3v) is 5.94. The fraction of sp³-hybridized carbons (Fsp3) is 0.722. The minimum Gasteiger partial charge on any atom is -0.377 e. The molecule has 2 aliphatic rings. The molecule has 0 aromatic carbocycles. The second-order valence-electron chi connectivity index (χ2n) is 7.25. The molecule has 3 heterocycles. The van der Waals surface area contributed by atoms with E-state index in [-0.39, 0.29) is 17.6 Å². The second kappa shape index (κ2) is 7.52. The number of rotatable bonds is 4. The van der Waals surface area contributed by atoms with Crippen LogP contribution in [0.25, 0.3) is 0 Å². The maximum Gasteiger partial charge on any atom is 0.264 e. The van der Waals surface area contributed by atoms with Crippen molar-refractivity contribution in [3.63, 3.8) is 0 Å². The lowest BCUT2D eigenvalue weighted by Crippen LogP contribution is -2.47. The van der Waals surface area contributed by atoms with Crippen LogP contribution >= 0.6 is 11.3 Å². The third-order valence-electron chi connectivity index (χ3n) is 5.08. The van der Waals surface area contributed by atoms with Gasteiger partial charge >= 0.3 is 0 Å². The van der Waals surface area contributed by atoms with Gasteiger partial charge in [-0.05, 0) is 45.2 Å². The highest BCUT2D eigenvalue weighted by Gasteiger charge is 2.44. The molecule has 6 heteroatoms. The van der Waals surface area contributed by atoms with Gasteiger partial charge in [0.25, 0.3) is 5.91 Å². The Morgan fingerprint density at radius 2 is 2.38 bits per heavy atom. The summed E-state index contributed by atoms with van der Waals surface area (Å²) in [7, 11) is 2.13. The van der Waals surface area contributed by atoms with Crippen LogP contribution in [0, 0.1) is 0 Å². The molecule has 1 amide bonds. The number of likely N-dealkylation sites (N-methyl/N-ethyl adjacent to an activating group) is 1. The van der Waals surface area contributed by atoms with Gasteiger partial charge in [-0.1, -0.05) is 6.07 Å². The van der Waals surface area contributed by atoms with Crippen LogP contribution < -0.4 is 0 Å². The van der Waals surface area contributed by atoms with Crippen molar-refractivity contribution in [2.75, 3.05) is 39.9 Å². The van der Waals surface area contributed by atoms with Gasteiger partial charge in [0.2, 0.25) is 0 Å². The topological polar surface area (TPSA) is 42.0 Å². The average Bonchev–Trinajstić information content (AvgIpc) is 3.15. The Hall–Kier alpha value is -0.950. The van der Waals surface area contributed by atoms with E-state index in [1.54, 1.807) is 0 Å². The van der Waals surface area contributed by atoms with E-state index < -0.39 is 0 Å². The maximum absolute atomic E-state index is 12.7. The van der Waals surface area contributed by atoms with Crippen molar-refractivity contribution >= 4 is 17.2 Å². The van der Waals surface area contributed by atoms with Crippen LogP contribution in [-0.2, 0) is 9.47 Å². The fourth-order valence-electron chi connectivity index (χ4n) is 3.41. The van der Waals surface area contributed by atoms with Crippen molar-refractivity contribution in [1.82, 2.24) is 9.80 Å². The van der Waals surface area contributed by atoms with E-state index in [1.165, 1.54) is 11.3 Å². The zero-order valence-corrected chi connectivity index (χ0v) is 15.7. The predicted octanol–water partition coefficient (Wildman–Crippen LogP) is 2.48. The monoisotopic (exact) mass is 352 g/mol. The number of thiophene rings is 1. The van der Waals surface area contributed by atoms with Crippen molar-refractivity contribution in [3.05, 3.63) is 22.4 Å². The van der Waals surface area contributed by atoms with Crippen LogP contribution in [0.4, 0.5) is 0 Å². The summed E-state index contributed by atoms with van der Waals surface area (Å²) in [6, 6.07) is 4.32. The fourth-order valence-corrected chi connectivity index (χ4v) is 4.10. The number of hydrogen-bond donors (Lipinski definition) is 0. The predicted molar refractivity (Wildman–Crippen MR) is 95.6 cm³/mol. The van der Waals surface area contributed by atoms with E-state index in [0.29, 0.717) is 32.3 Å². The standard InChI is InChI=1S/C18H28N2O3S/c1-14(2)19(3)11-15-6-7-18(23-15)12-20(8-9-22-13-18)17(21)16-5-4-10-24-16/h4-5,10,14-15H,6-9,11-13H2,1-3H3. The minimum absolute atomic E-state index is 0.0984. The number of hydrogen-bond acceptors (Lipinski definition) is 5. The Labute approximate surface area is 148 Å². The van der Waals surface area contributed by atoms with Crippen LogP contribution in [-0.4, -0.2) is 73.3 Å². The molecule has 134 valence electrons. The van der Waals surface area contributed by atoms with Crippen LogP contribution in [0.3, 0.4) is 0 Å². The van der Waals surface area contributed by atoms with Gasteiger partial charge in [0.1, 0.15) is 5.60 Å². The number of nitrogens with zero attached hydrogens (tertiary/aromatic N) is 2. The van der Waals surface area contributed by atoms with Crippen molar-refractivity contribution in [2.24, 2.45) is 0 Å². The van der Waals surface area contributed by atoms with Gasteiger partial charge in [-0.25, -0.2) is 0 Å². The summed E-state index contributed by atoms with van der Waals surface area (Å²) < 4.78 is 12.2.